The van der Waals surface area contributed by atoms with Crippen LogP contribution in [-0.2, 0) is 22.7 Å². The maximum Gasteiger partial charge on any atom is 0.343 e. The summed E-state index contributed by atoms with van der Waals surface area (Å²) in [5, 5.41) is 2.98. The summed E-state index contributed by atoms with van der Waals surface area (Å²) in [7, 11) is -2.43. The summed E-state index contributed by atoms with van der Waals surface area (Å²) in [5.41, 5.74) is 5.00. The second-order valence-corrected chi connectivity index (χ2v) is 5.32. The van der Waals surface area contributed by atoms with Crippen molar-refractivity contribution in [3.63, 3.8) is 0 Å². The third-order valence-electron chi connectivity index (χ3n) is 2.08. The number of primary amides is 1. The number of hydrogen-bond donors (Lipinski definition) is 1. The highest BCUT2D eigenvalue weighted by Gasteiger charge is 2.39. The van der Waals surface area contributed by atoms with Crippen molar-refractivity contribution in [2.75, 3.05) is 0 Å². The Morgan fingerprint density at radius 3 is 2.50 bits per heavy atom. The second-order valence-electron chi connectivity index (χ2n) is 3.26. The minimum absolute atomic E-state index is 0.370. The summed E-state index contributed by atoms with van der Waals surface area (Å²) in [6.07, 6.45) is 2.85. The molecule has 16 heavy (non-hydrogen) atoms. The van der Waals surface area contributed by atoms with Gasteiger partial charge in [0.1, 0.15) is 5.92 Å². The van der Waals surface area contributed by atoms with Crippen LogP contribution in [0.4, 0.5) is 0 Å². The topological polar surface area (TPSA) is 95.7 Å². The lowest BCUT2D eigenvalue weighted by Crippen LogP contribution is -2.31. The highest BCUT2D eigenvalue weighted by molar-refractivity contribution is 8.31. The Hall–Kier alpha value is -1.76. The summed E-state index contributed by atoms with van der Waals surface area (Å²) in [5.74, 6) is -3.63. The number of hydrogen-bond acceptors (Lipinski definition) is 5. The molecule has 0 radical (unpaired) electrons. The first-order valence-electron chi connectivity index (χ1n) is 4.45. The van der Waals surface area contributed by atoms with Gasteiger partial charge in [0.05, 0.1) is 6.42 Å². The van der Waals surface area contributed by atoms with E-state index in [0.29, 0.717) is 0 Å². The highest BCUT2D eigenvalue weighted by Crippen LogP contribution is 2.57. The molecule has 6 nitrogen and oxygen atoms in total. The predicted octanol–water partition coefficient (Wildman–Crippen LogP) is 0.254. The van der Waals surface area contributed by atoms with E-state index in [2.05, 4.69) is 0 Å². The Kier molecular flexibility index (Phi) is 2.47. The molecule has 0 aromatic rings. The number of rotatable bonds is 1. The van der Waals surface area contributed by atoms with Gasteiger partial charge in [-0.3, -0.25) is 9.59 Å². The lowest BCUT2D eigenvalue weighted by molar-refractivity contribution is -0.145. The van der Waals surface area contributed by atoms with E-state index in [-0.39, 0.29) is 6.42 Å². The summed E-state index contributed by atoms with van der Waals surface area (Å²) in [6.45, 7) is 0. The molecule has 0 aromatic carbocycles. The zero-order valence-corrected chi connectivity index (χ0v) is 8.94. The molecule has 0 bridgehead atoms. The van der Waals surface area contributed by atoms with Crippen LogP contribution in [-0.4, -0.2) is 17.8 Å². The first kappa shape index (κ1) is 10.7. The molecule has 0 saturated carbocycles. The standard InChI is InChI=1S/C9H9NO5S/c10-8(12)6-5-7(11)14-16(15-9(6)13)3-1-2-4-16/h1-4,6H,5H2,(H2,10,12). The maximum atomic E-state index is 11.6. The molecule has 2 N–H and O–H groups in total. The summed E-state index contributed by atoms with van der Waals surface area (Å²) in [6, 6.07) is 0. The molecule has 1 fully saturated rings. The molecular formula is C9H9NO5S. The quantitative estimate of drug-likeness (QED) is 0.666. The highest BCUT2D eigenvalue weighted by atomic mass is 32.3. The van der Waals surface area contributed by atoms with Gasteiger partial charge in [0, 0.05) is 10.8 Å². The van der Waals surface area contributed by atoms with Gasteiger partial charge < -0.3 is 14.1 Å². The zero-order valence-electron chi connectivity index (χ0n) is 8.12. The average molecular weight is 243 g/mol. The Morgan fingerprint density at radius 1 is 1.31 bits per heavy atom. The van der Waals surface area contributed by atoms with E-state index in [1.54, 1.807) is 12.2 Å². The van der Waals surface area contributed by atoms with E-state index in [1.165, 1.54) is 10.8 Å². The zero-order chi connectivity index (χ0) is 11.8. The van der Waals surface area contributed by atoms with Gasteiger partial charge in [0.15, 0.2) is 0 Å². The van der Waals surface area contributed by atoms with Gasteiger partial charge in [-0.1, -0.05) is 10.6 Å². The monoisotopic (exact) mass is 243 g/mol. The first-order chi connectivity index (χ1) is 7.52. The smallest absolute Gasteiger partial charge is 0.343 e. The molecule has 2 aliphatic rings. The van der Waals surface area contributed by atoms with E-state index in [1.807, 2.05) is 0 Å². The van der Waals surface area contributed by atoms with Crippen molar-refractivity contribution < 1.29 is 22.7 Å². The third-order valence-corrected chi connectivity index (χ3v) is 4.03. The van der Waals surface area contributed by atoms with Crippen molar-refractivity contribution >= 4 is 28.4 Å². The molecule has 1 saturated heterocycles. The van der Waals surface area contributed by atoms with Gasteiger partial charge in [-0.25, -0.2) is 4.79 Å². The molecular weight excluding hydrogens is 234 g/mol. The minimum atomic E-state index is -2.43. The Morgan fingerprint density at radius 2 is 1.94 bits per heavy atom. The largest absolute Gasteiger partial charge is 0.369 e. The number of carbonyl (C=O) groups excluding carboxylic acids is 3. The van der Waals surface area contributed by atoms with Crippen LogP contribution in [0.5, 0.6) is 0 Å². The van der Waals surface area contributed by atoms with Crippen molar-refractivity contribution in [3.8, 4) is 0 Å². The van der Waals surface area contributed by atoms with Crippen molar-refractivity contribution in [1.82, 2.24) is 0 Å². The van der Waals surface area contributed by atoms with Crippen LogP contribution < -0.4 is 5.73 Å². The average Bonchev–Trinajstić information content (AvgIpc) is 2.56. The summed E-state index contributed by atoms with van der Waals surface area (Å²) in [4.78, 5) is 33.9. The van der Waals surface area contributed by atoms with E-state index in [9.17, 15) is 14.4 Å². The van der Waals surface area contributed by atoms with Gasteiger partial charge in [-0.15, -0.1) is 0 Å². The van der Waals surface area contributed by atoms with Gasteiger partial charge in [-0.2, -0.15) is 0 Å². The Labute approximate surface area is 92.8 Å². The third kappa shape index (κ3) is 1.81. The fourth-order valence-corrected chi connectivity index (χ4v) is 3.01. The lowest BCUT2D eigenvalue weighted by Gasteiger charge is -2.31. The molecule has 2 rings (SSSR count). The van der Waals surface area contributed by atoms with Crippen molar-refractivity contribution in [3.05, 3.63) is 23.0 Å². The van der Waals surface area contributed by atoms with Crippen molar-refractivity contribution in [2.24, 2.45) is 11.7 Å². The molecule has 1 spiro atoms. The Bertz CT molecular complexity index is 416. The molecule has 1 atom stereocenters. The van der Waals surface area contributed by atoms with Crippen LogP contribution in [0.3, 0.4) is 0 Å². The van der Waals surface area contributed by atoms with Crippen LogP contribution >= 0.6 is 10.6 Å². The number of allylic oxidation sites excluding steroid dienone is 2. The molecule has 0 aromatic heterocycles. The first-order valence-corrected chi connectivity index (χ1v) is 6.06. The van der Waals surface area contributed by atoms with Gasteiger partial charge in [0.25, 0.3) is 0 Å². The molecule has 7 heteroatoms. The molecule has 86 valence electrons. The normalized spacial score (nSPS) is 28.4. The number of amides is 1. The van der Waals surface area contributed by atoms with E-state index in [0.717, 1.165) is 0 Å². The minimum Gasteiger partial charge on any atom is -0.369 e. The van der Waals surface area contributed by atoms with Crippen LogP contribution in [0.25, 0.3) is 0 Å². The van der Waals surface area contributed by atoms with E-state index in [4.69, 9.17) is 14.1 Å². The fraction of sp³-hybridized carbons (Fsp3) is 0.222. The maximum absolute atomic E-state index is 11.6. The molecule has 1 amide bonds. The van der Waals surface area contributed by atoms with Crippen LogP contribution in [0.15, 0.2) is 23.0 Å². The second kappa shape index (κ2) is 3.67. The van der Waals surface area contributed by atoms with Crippen LogP contribution in [0.2, 0.25) is 0 Å². The molecule has 2 heterocycles. The number of carbonyl (C=O) groups is 3. The van der Waals surface area contributed by atoms with Crippen LogP contribution in [0, 0.1) is 5.92 Å². The molecule has 2 aliphatic heterocycles. The summed E-state index contributed by atoms with van der Waals surface area (Å²) < 4.78 is 10.1. The SMILES string of the molecule is NC(=O)C1CC(=O)OS2(C=CC=C2)OC1=O. The molecule has 0 aliphatic carbocycles. The fourth-order valence-electron chi connectivity index (χ4n) is 1.32. The van der Waals surface area contributed by atoms with Gasteiger partial charge in [0.2, 0.25) is 5.91 Å². The van der Waals surface area contributed by atoms with Crippen LogP contribution in [0.1, 0.15) is 6.42 Å². The van der Waals surface area contributed by atoms with E-state index >= 15 is 0 Å². The van der Waals surface area contributed by atoms with Gasteiger partial charge >= 0.3 is 11.9 Å². The van der Waals surface area contributed by atoms with Crippen molar-refractivity contribution in [1.29, 1.82) is 0 Å². The van der Waals surface area contributed by atoms with Crippen molar-refractivity contribution in [2.45, 2.75) is 6.42 Å². The lowest BCUT2D eigenvalue weighted by atomic mass is 10.1. The molecule has 1 unspecified atom stereocenters. The van der Waals surface area contributed by atoms with E-state index < -0.39 is 34.4 Å². The predicted molar refractivity (Wildman–Crippen MR) is 55.4 cm³/mol. The number of nitrogens with two attached hydrogens (primary N) is 1. The Balaban J connectivity index is 2.29. The summed E-state index contributed by atoms with van der Waals surface area (Å²) >= 11 is 0. The van der Waals surface area contributed by atoms with Gasteiger partial charge in [-0.05, 0) is 12.2 Å².